The van der Waals surface area contributed by atoms with E-state index in [1.54, 1.807) is 0 Å². The average Bonchev–Trinajstić information content (AvgIpc) is 2.32. The number of allylic oxidation sites excluding steroid dienone is 1. The van der Waals surface area contributed by atoms with Gasteiger partial charge in [0.05, 0.1) is 19.3 Å². The molecule has 0 amide bonds. The molecule has 0 N–H and O–H groups in total. The zero-order valence-corrected chi connectivity index (χ0v) is 11.9. The van der Waals surface area contributed by atoms with Crippen LogP contribution in [0.15, 0.2) is 11.6 Å². The van der Waals surface area contributed by atoms with Crippen LogP contribution in [0.25, 0.3) is 0 Å². The van der Waals surface area contributed by atoms with Crippen molar-refractivity contribution < 1.29 is 14.3 Å². The Labute approximate surface area is 110 Å². The SMILES string of the molecule is CC(=O)OC[C@@]12CC=C(C)[C@@H](C1)[C@H](C(C)C)OC2. The Morgan fingerprint density at radius 1 is 1.61 bits per heavy atom. The molecule has 1 fully saturated rings. The molecule has 0 saturated carbocycles. The summed E-state index contributed by atoms with van der Waals surface area (Å²) in [7, 11) is 0. The van der Waals surface area contributed by atoms with E-state index in [0.29, 0.717) is 31.2 Å². The van der Waals surface area contributed by atoms with Gasteiger partial charge in [-0.05, 0) is 25.7 Å². The monoisotopic (exact) mass is 252 g/mol. The molecule has 0 unspecified atom stereocenters. The van der Waals surface area contributed by atoms with Gasteiger partial charge in [-0.15, -0.1) is 0 Å². The van der Waals surface area contributed by atoms with E-state index >= 15 is 0 Å². The van der Waals surface area contributed by atoms with E-state index in [0.717, 1.165) is 12.8 Å². The summed E-state index contributed by atoms with van der Waals surface area (Å²) in [5.41, 5.74) is 1.45. The second-order valence-corrected chi connectivity index (χ2v) is 6.26. The molecule has 2 rings (SSSR count). The number of ether oxygens (including phenoxy) is 2. The van der Waals surface area contributed by atoms with Gasteiger partial charge in [0.15, 0.2) is 0 Å². The molecule has 3 atom stereocenters. The molecule has 1 aliphatic heterocycles. The molecule has 102 valence electrons. The number of fused-ring (bicyclic) bond motifs is 2. The molecule has 0 aromatic heterocycles. The predicted octanol–water partition coefficient (Wildman–Crippen LogP) is 2.95. The van der Waals surface area contributed by atoms with E-state index in [2.05, 4.69) is 26.8 Å². The summed E-state index contributed by atoms with van der Waals surface area (Å²) in [5.74, 6) is 0.824. The van der Waals surface area contributed by atoms with Crippen LogP contribution in [0.5, 0.6) is 0 Å². The first-order valence-electron chi connectivity index (χ1n) is 6.85. The van der Waals surface area contributed by atoms with Crippen molar-refractivity contribution in [2.45, 2.75) is 46.6 Å². The van der Waals surface area contributed by atoms with Crippen LogP contribution in [0.3, 0.4) is 0 Å². The van der Waals surface area contributed by atoms with E-state index in [1.165, 1.54) is 12.5 Å². The lowest BCUT2D eigenvalue weighted by Crippen LogP contribution is -2.48. The average molecular weight is 252 g/mol. The Bertz CT molecular complexity index is 359. The molecule has 2 bridgehead atoms. The Morgan fingerprint density at radius 2 is 2.33 bits per heavy atom. The maximum absolute atomic E-state index is 11.0. The zero-order valence-electron chi connectivity index (χ0n) is 11.9. The van der Waals surface area contributed by atoms with E-state index in [-0.39, 0.29) is 11.4 Å². The first-order valence-corrected chi connectivity index (χ1v) is 6.85. The molecule has 2 aliphatic rings. The molecule has 3 nitrogen and oxygen atoms in total. The summed E-state index contributed by atoms with van der Waals surface area (Å²) in [5, 5.41) is 0. The first-order chi connectivity index (χ1) is 8.43. The maximum Gasteiger partial charge on any atom is 0.302 e. The third-order valence-electron chi connectivity index (χ3n) is 4.31. The maximum atomic E-state index is 11.0. The summed E-state index contributed by atoms with van der Waals surface area (Å²) in [4.78, 5) is 11.0. The minimum Gasteiger partial charge on any atom is -0.465 e. The number of hydrogen-bond acceptors (Lipinski definition) is 3. The molecular formula is C15H24O3. The fourth-order valence-electron chi connectivity index (χ4n) is 3.19. The van der Waals surface area contributed by atoms with Gasteiger partial charge in [-0.1, -0.05) is 25.5 Å². The fourth-order valence-corrected chi connectivity index (χ4v) is 3.19. The van der Waals surface area contributed by atoms with E-state index in [4.69, 9.17) is 9.47 Å². The van der Waals surface area contributed by atoms with E-state index in [1.807, 2.05) is 0 Å². The second kappa shape index (κ2) is 5.04. The minimum atomic E-state index is -0.196. The number of hydrogen-bond donors (Lipinski definition) is 0. The quantitative estimate of drug-likeness (QED) is 0.572. The van der Waals surface area contributed by atoms with E-state index < -0.39 is 0 Å². The van der Waals surface area contributed by atoms with Gasteiger partial charge in [0.1, 0.15) is 0 Å². The molecule has 1 heterocycles. The number of carbonyl (C=O) groups is 1. The lowest BCUT2D eigenvalue weighted by molar-refractivity contribution is -0.158. The van der Waals surface area contributed by atoms with Crippen molar-refractivity contribution in [3.05, 3.63) is 11.6 Å². The highest BCUT2D eigenvalue weighted by Gasteiger charge is 2.45. The van der Waals surface area contributed by atoms with Crippen LogP contribution in [0, 0.1) is 17.3 Å². The number of carbonyl (C=O) groups excluding carboxylic acids is 1. The van der Waals surface area contributed by atoms with Crippen LogP contribution >= 0.6 is 0 Å². The third kappa shape index (κ3) is 2.61. The van der Waals surface area contributed by atoms with Crippen LogP contribution in [0.1, 0.15) is 40.5 Å². The molecule has 0 spiro atoms. The summed E-state index contributed by atoms with van der Waals surface area (Å²) in [6, 6.07) is 0. The summed E-state index contributed by atoms with van der Waals surface area (Å²) in [6.45, 7) is 9.30. The van der Waals surface area contributed by atoms with Crippen molar-refractivity contribution >= 4 is 5.97 Å². The van der Waals surface area contributed by atoms with Crippen molar-refractivity contribution in [1.82, 2.24) is 0 Å². The van der Waals surface area contributed by atoms with Gasteiger partial charge in [-0.3, -0.25) is 4.79 Å². The first kappa shape index (κ1) is 13.6. The Balaban J connectivity index is 2.12. The summed E-state index contributed by atoms with van der Waals surface area (Å²) >= 11 is 0. The Kier molecular flexibility index (Phi) is 3.81. The topological polar surface area (TPSA) is 35.5 Å². The van der Waals surface area contributed by atoms with Crippen LogP contribution in [0.2, 0.25) is 0 Å². The van der Waals surface area contributed by atoms with Crippen molar-refractivity contribution in [2.75, 3.05) is 13.2 Å². The standard InChI is InChI=1S/C15H24O3/c1-10(2)14-13-7-15(9-18-14,6-5-11(13)3)8-17-12(4)16/h5,10,13-14H,6-9H2,1-4H3/t13-,14+,15-/m1/s1. The molecule has 0 radical (unpaired) electrons. The van der Waals surface area contributed by atoms with E-state index in [9.17, 15) is 4.79 Å². The van der Waals surface area contributed by atoms with Gasteiger partial charge in [0.25, 0.3) is 0 Å². The molecule has 3 heteroatoms. The molecule has 0 aromatic carbocycles. The fraction of sp³-hybridized carbons (Fsp3) is 0.800. The van der Waals surface area contributed by atoms with Crippen molar-refractivity contribution in [2.24, 2.45) is 17.3 Å². The highest BCUT2D eigenvalue weighted by Crippen LogP contribution is 2.46. The van der Waals surface area contributed by atoms with Crippen LogP contribution in [0.4, 0.5) is 0 Å². The molecular weight excluding hydrogens is 228 g/mol. The molecule has 0 aromatic rings. The summed E-state index contributed by atoms with van der Waals surface area (Å²) < 4.78 is 11.3. The van der Waals surface area contributed by atoms with Crippen LogP contribution in [-0.4, -0.2) is 25.3 Å². The highest BCUT2D eigenvalue weighted by molar-refractivity contribution is 5.65. The summed E-state index contributed by atoms with van der Waals surface area (Å²) in [6.07, 6.45) is 4.68. The van der Waals surface area contributed by atoms with Crippen molar-refractivity contribution in [1.29, 1.82) is 0 Å². The van der Waals surface area contributed by atoms with Gasteiger partial charge in [-0.2, -0.15) is 0 Å². The van der Waals surface area contributed by atoms with Crippen molar-refractivity contribution in [3.63, 3.8) is 0 Å². The molecule has 1 saturated heterocycles. The normalized spacial score (nSPS) is 35.3. The van der Waals surface area contributed by atoms with Crippen LogP contribution < -0.4 is 0 Å². The molecule has 18 heavy (non-hydrogen) atoms. The lowest BCUT2D eigenvalue weighted by Gasteiger charge is -2.48. The van der Waals surface area contributed by atoms with Gasteiger partial charge >= 0.3 is 5.97 Å². The van der Waals surface area contributed by atoms with Crippen molar-refractivity contribution in [3.8, 4) is 0 Å². The minimum absolute atomic E-state index is 0.0151. The van der Waals surface area contributed by atoms with Gasteiger partial charge in [0.2, 0.25) is 0 Å². The zero-order chi connectivity index (χ0) is 13.3. The van der Waals surface area contributed by atoms with Gasteiger partial charge < -0.3 is 9.47 Å². The van der Waals surface area contributed by atoms with Gasteiger partial charge in [0, 0.05) is 18.3 Å². The van der Waals surface area contributed by atoms with Gasteiger partial charge in [-0.25, -0.2) is 0 Å². The Hall–Kier alpha value is -0.830. The number of esters is 1. The third-order valence-corrected chi connectivity index (χ3v) is 4.31. The van der Waals surface area contributed by atoms with Crippen LogP contribution in [-0.2, 0) is 14.3 Å². The lowest BCUT2D eigenvalue weighted by atomic mass is 9.66. The largest absolute Gasteiger partial charge is 0.465 e. The highest BCUT2D eigenvalue weighted by atomic mass is 16.5. The predicted molar refractivity (Wildman–Crippen MR) is 70.1 cm³/mol. The Morgan fingerprint density at radius 3 is 2.94 bits per heavy atom. The molecule has 1 aliphatic carbocycles. The second-order valence-electron chi connectivity index (χ2n) is 6.26. The smallest absolute Gasteiger partial charge is 0.302 e. The number of rotatable bonds is 3.